The first-order valence-corrected chi connectivity index (χ1v) is 7.22. The molecule has 23 heavy (non-hydrogen) atoms. The second kappa shape index (κ2) is 5.11. The summed E-state index contributed by atoms with van der Waals surface area (Å²) in [5.41, 5.74) is 5.37. The third-order valence-corrected chi connectivity index (χ3v) is 3.91. The molecule has 0 saturated carbocycles. The van der Waals surface area contributed by atoms with Gasteiger partial charge in [0, 0.05) is 53.3 Å². The maximum absolute atomic E-state index is 9.34. The second-order valence-corrected chi connectivity index (χ2v) is 5.38. The van der Waals surface area contributed by atoms with Crippen LogP contribution in [0, 0.1) is 11.3 Å². The fraction of sp³-hybridized carbons (Fsp3) is 0.0556. The van der Waals surface area contributed by atoms with Gasteiger partial charge in [0.05, 0.1) is 17.8 Å². The molecule has 0 fully saturated rings. The number of pyridine rings is 1. The van der Waals surface area contributed by atoms with Crippen molar-refractivity contribution in [2.75, 3.05) is 0 Å². The van der Waals surface area contributed by atoms with E-state index in [0.29, 0.717) is 5.56 Å². The fourth-order valence-electron chi connectivity index (χ4n) is 2.77. The average molecular weight is 299 g/mol. The molecule has 4 aromatic rings. The second-order valence-electron chi connectivity index (χ2n) is 5.38. The average Bonchev–Trinajstić information content (AvgIpc) is 3.20. The number of fused-ring (bicyclic) bond motifs is 1. The summed E-state index contributed by atoms with van der Waals surface area (Å²) in [4.78, 5) is 7.67. The summed E-state index contributed by atoms with van der Waals surface area (Å²) >= 11 is 0. The summed E-state index contributed by atoms with van der Waals surface area (Å²) in [5.74, 6) is 0. The number of nitrogens with zero attached hydrogens (tertiary/aromatic N) is 4. The molecule has 0 atom stereocenters. The Balaban J connectivity index is 1.93. The Morgan fingerprint density at radius 1 is 1.13 bits per heavy atom. The van der Waals surface area contributed by atoms with Gasteiger partial charge in [-0.2, -0.15) is 10.4 Å². The van der Waals surface area contributed by atoms with E-state index in [1.807, 2.05) is 56.1 Å². The molecule has 3 heterocycles. The van der Waals surface area contributed by atoms with Gasteiger partial charge >= 0.3 is 0 Å². The monoisotopic (exact) mass is 299 g/mol. The van der Waals surface area contributed by atoms with Crippen LogP contribution in [0.5, 0.6) is 0 Å². The van der Waals surface area contributed by atoms with Crippen LogP contribution in [-0.2, 0) is 7.05 Å². The van der Waals surface area contributed by atoms with E-state index >= 15 is 0 Å². The third-order valence-electron chi connectivity index (χ3n) is 3.91. The fourth-order valence-corrected chi connectivity index (χ4v) is 2.77. The first-order valence-electron chi connectivity index (χ1n) is 7.22. The van der Waals surface area contributed by atoms with E-state index < -0.39 is 0 Å². The molecule has 5 heteroatoms. The number of H-pyrrole nitrogens is 1. The first-order chi connectivity index (χ1) is 11.3. The van der Waals surface area contributed by atoms with Crippen LogP contribution in [0.3, 0.4) is 0 Å². The van der Waals surface area contributed by atoms with Gasteiger partial charge in [-0.1, -0.05) is 18.2 Å². The van der Waals surface area contributed by atoms with Crippen molar-refractivity contribution in [2.45, 2.75) is 0 Å². The molecule has 3 aromatic heterocycles. The molecule has 0 spiro atoms. The molecular formula is C18H13N5. The SMILES string of the molecule is Cn1cc(-c2cnc3[nH]cc(-c4ccccc4C#N)c3c2)cn1. The number of nitriles is 1. The van der Waals surface area contributed by atoms with Gasteiger partial charge in [0.1, 0.15) is 5.65 Å². The highest BCUT2D eigenvalue weighted by Gasteiger charge is 2.12. The lowest BCUT2D eigenvalue weighted by atomic mass is 9.99. The number of nitrogens with one attached hydrogen (secondary N) is 1. The van der Waals surface area contributed by atoms with E-state index in [1.54, 1.807) is 4.68 Å². The summed E-state index contributed by atoms with van der Waals surface area (Å²) in [5, 5.41) is 14.5. The lowest BCUT2D eigenvalue weighted by Gasteiger charge is -2.03. The number of rotatable bonds is 2. The molecule has 0 bridgehead atoms. The van der Waals surface area contributed by atoms with Crippen LogP contribution in [0.4, 0.5) is 0 Å². The van der Waals surface area contributed by atoms with Crippen molar-refractivity contribution < 1.29 is 0 Å². The first kappa shape index (κ1) is 13.3. The predicted octanol–water partition coefficient (Wildman–Crippen LogP) is 3.50. The van der Waals surface area contributed by atoms with E-state index in [1.165, 1.54) is 0 Å². The van der Waals surface area contributed by atoms with Crippen LogP contribution in [0.15, 0.2) is 55.1 Å². The third kappa shape index (κ3) is 2.17. The number of aryl methyl sites for hydroxylation is 1. The van der Waals surface area contributed by atoms with E-state index in [2.05, 4.69) is 27.2 Å². The van der Waals surface area contributed by atoms with Crippen molar-refractivity contribution in [1.29, 1.82) is 5.26 Å². The topological polar surface area (TPSA) is 70.3 Å². The van der Waals surface area contributed by atoms with E-state index in [9.17, 15) is 5.26 Å². The zero-order valence-electron chi connectivity index (χ0n) is 12.5. The smallest absolute Gasteiger partial charge is 0.137 e. The van der Waals surface area contributed by atoms with Gasteiger partial charge in [-0.3, -0.25) is 4.68 Å². The van der Waals surface area contributed by atoms with Crippen LogP contribution in [-0.4, -0.2) is 19.7 Å². The lowest BCUT2D eigenvalue weighted by Crippen LogP contribution is -1.85. The predicted molar refractivity (Wildman–Crippen MR) is 88.4 cm³/mol. The van der Waals surface area contributed by atoms with Crippen LogP contribution in [0.2, 0.25) is 0 Å². The lowest BCUT2D eigenvalue weighted by molar-refractivity contribution is 0.768. The summed E-state index contributed by atoms with van der Waals surface area (Å²) in [7, 11) is 1.89. The summed E-state index contributed by atoms with van der Waals surface area (Å²) < 4.78 is 1.77. The molecular weight excluding hydrogens is 286 g/mol. The van der Waals surface area contributed by atoms with Crippen molar-refractivity contribution in [2.24, 2.45) is 7.05 Å². The van der Waals surface area contributed by atoms with Gasteiger partial charge in [-0.25, -0.2) is 4.98 Å². The minimum Gasteiger partial charge on any atom is -0.346 e. The van der Waals surface area contributed by atoms with Gasteiger partial charge in [0.2, 0.25) is 0 Å². The Labute approximate surface area is 132 Å². The normalized spacial score (nSPS) is 10.8. The van der Waals surface area contributed by atoms with Crippen LogP contribution in [0.1, 0.15) is 5.56 Å². The van der Waals surface area contributed by atoms with Gasteiger partial charge in [0.25, 0.3) is 0 Å². The molecule has 110 valence electrons. The van der Waals surface area contributed by atoms with E-state index in [0.717, 1.165) is 33.3 Å². The Bertz CT molecular complexity index is 1050. The molecule has 5 nitrogen and oxygen atoms in total. The van der Waals surface area contributed by atoms with Gasteiger partial charge in [-0.15, -0.1) is 0 Å². The minimum atomic E-state index is 0.653. The molecule has 0 aliphatic carbocycles. The maximum atomic E-state index is 9.34. The van der Waals surface area contributed by atoms with Crippen LogP contribution < -0.4 is 0 Å². The zero-order chi connectivity index (χ0) is 15.8. The van der Waals surface area contributed by atoms with Crippen molar-refractivity contribution >= 4 is 11.0 Å². The van der Waals surface area contributed by atoms with Crippen molar-refractivity contribution in [3.8, 4) is 28.3 Å². The Morgan fingerprint density at radius 2 is 2.00 bits per heavy atom. The largest absolute Gasteiger partial charge is 0.346 e. The van der Waals surface area contributed by atoms with Crippen LogP contribution >= 0.6 is 0 Å². The molecule has 1 N–H and O–H groups in total. The molecule has 0 amide bonds. The molecule has 0 radical (unpaired) electrons. The number of benzene rings is 1. The number of hydrogen-bond acceptors (Lipinski definition) is 3. The summed E-state index contributed by atoms with van der Waals surface area (Å²) in [6.45, 7) is 0. The molecule has 0 unspecified atom stereocenters. The molecule has 0 aliphatic rings. The van der Waals surface area contributed by atoms with Crippen molar-refractivity contribution in [3.63, 3.8) is 0 Å². The van der Waals surface area contributed by atoms with Gasteiger partial charge < -0.3 is 4.98 Å². The summed E-state index contributed by atoms with van der Waals surface area (Å²) in [6.07, 6.45) is 7.51. The highest BCUT2D eigenvalue weighted by atomic mass is 15.2. The summed E-state index contributed by atoms with van der Waals surface area (Å²) in [6, 6.07) is 11.9. The molecule has 1 aromatic carbocycles. The van der Waals surface area contributed by atoms with Crippen molar-refractivity contribution in [3.05, 3.63) is 60.7 Å². The van der Waals surface area contributed by atoms with E-state index in [-0.39, 0.29) is 0 Å². The highest BCUT2D eigenvalue weighted by Crippen LogP contribution is 2.32. The highest BCUT2D eigenvalue weighted by molar-refractivity contribution is 5.96. The quantitative estimate of drug-likeness (QED) is 0.616. The zero-order valence-corrected chi connectivity index (χ0v) is 12.5. The Kier molecular flexibility index (Phi) is 2.95. The number of hydrogen-bond donors (Lipinski definition) is 1. The number of aromatic nitrogens is 4. The minimum absolute atomic E-state index is 0.653. The number of aromatic amines is 1. The maximum Gasteiger partial charge on any atom is 0.137 e. The standard InChI is InChI=1S/C18H13N5/c1-23-11-14(9-22-23)13-6-16-17(10-21-18(16)20-8-13)15-5-3-2-4-12(15)7-19/h2-6,8-11H,1H3,(H,20,21). The Morgan fingerprint density at radius 3 is 2.78 bits per heavy atom. The Hall–Kier alpha value is -3.39. The van der Waals surface area contributed by atoms with Gasteiger partial charge in [-0.05, 0) is 12.1 Å². The van der Waals surface area contributed by atoms with E-state index in [4.69, 9.17) is 0 Å². The molecule has 0 saturated heterocycles. The molecule has 4 rings (SSSR count). The van der Waals surface area contributed by atoms with Gasteiger partial charge in [0.15, 0.2) is 0 Å². The van der Waals surface area contributed by atoms with Crippen LogP contribution in [0.25, 0.3) is 33.3 Å². The van der Waals surface area contributed by atoms with Crippen molar-refractivity contribution in [1.82, 2.24) is 19.7 Å². The molecule has 0 aliphatic heterocycles.